The highest BCUT2D eigenvalue weighted by atomic mass is 79.9. The summed E-state index contributed by atoms with van der Waals surface area (Å²) in [6.45, 7) is 3.17. The van der Waals surface area contributed by atoms with Crippen molar-refractivity contribution in [2.45, 2.75) is 25.4 Å². The summed E-state index contributed by atoms with van der Waals surface area (Å²) in [6.07, 6.45) is 2.14. The molecule has 1 aliphatic heterocycles. The molecule has 0 atom stereocenters. The van der Waals surface area contributed by atoms with Gasteiger partial charge in [0.15, 0.2) is 0 Å². The summed E-state index contributed by atoms with van der Waals surface area (Å²) in [7, 11) is 0. The minimum atomic E-state index is -0.236. The SMILES string of the molecule is NC(=O)CN1CCC(NCc2cc(Br)c(Br)s2)CC1. The van der Waals surface area contributed by atoms with E-state index >= 15 is 0 Å². The van der Waals surface area contributed by atoms with Gasteiger partial charge in [-0.25, -0.2) is 0 Å². The lowest BCUT2D eigenvalue weighted by Crippen LogP contribution is -2.44. The van der Waals surface area contributed by atoms with Crippen molar-refractivity contribution in [1.29, 1.82) is 0 Å². The molecule has 0 aliphatic carbocycles. The molecule has 0 radical (unpaired) electrons. The average Bonchev–Trinajstić information content (AvgIpc) is 2.67. The number of nitrogens with two attached hydrogens (primary N) is 1. The highest BCUT2D eigenvalue weighted by Gasteiger charge is 2.19. The van der Waals surface area contributed by atoms with Crippen molar-refractivity contribution in [1.82, 2.24) is 10.2 Å². The van der Waals surface area contributed by atoms with Crippen LogP contribution < -0.4 is 11.1 Å². The van der Waals surface area contributed by atoms with E-state index in [1.165, 1.54) is 4.88 Å². The van der Waals surface area contributed by atoms with Gasteiger partial charge in [0.1, 0.15) is 0 Å². The van der Waals surface area contributed by atoms with Crippen LogP contribution in [0.1, 0.15) is 17.7 Å². The van der Waals surface area contributed by atoms with E-state index in [2.05, 4.69) is 48.1 Å². The average molecular weight is 411 g/mol. The number of hydrogen-bond acceptors (Lipinski definition) is 4. The van der Waals surface area contributed by atoms with E-state index in [-0.39, 0.29) is 5.91 Å². The van der Waals surface area contributed by atoms with Crippen molar-refractivity contribution >= 4 is 49.1 Å². The van der Waals surface area contributed by atoms with Gasteiger partial charge in [-0.3, -0.25) is 9.69 Å². The lowest BCUT2D eigenvalue weighted by atomic mass is 10.1. The molecule has 1 saturated heterocycles. The van der Waals surface area contributed by atoms with Gasteiger partial charge >= 0.3 is 0 Å². The van der Waals surface area contributed by atoms with Crippen LogP contribution in [0.5, 0.6) is 0 Å². The van der Waals surface area contributed by atoms with Crippen LogP contribution in [-0.2, 0) is 11.3 Å². The number of hydrogen-bond donors (Lipinski definition) is 2. The fourth-order valence-electron chi connectivity index (χ4n) is 2.24. The molecule has 1 aromatic rings. The fraction of sp³-hybridized carbons (Fsp3) is 0.583. The number of carbonyl (C=O) groups is 1. The molecule has 1 amide bonds. The number of carbonyl (C=O) groups excluding carboxylic acids is 1. The Bertz CT molecular complexity index is 425. The van der Waals surface area contributed by atoms with Crippen molar-refractivity contribution in [3.63, 3.8) is 0 Å². The summed E-state index contributed by atoms with van der Waals surface area (Å²) >= 11 is 8.75. The van der Waals surface area contributed by atoms with Gasteiger partial charge in [0.25, 0.3) is 0 Å². The third kappa shape index (κ3) is 4.82. The quantitative estimate of drug-likeness (QED) is 0.782. The summed E-state index contributed by atoms with van der Waals surface area (Å²) in [6, 6.07) is 2.67. The molecule has 2 rings (SSSR count). The van der Waals surface area contributed by atoms with Crippen LogP contribution in [0.3, 0.4) is 0 Å². The maximum absolute atomic E-state index is 10.9. The van der Waals surface area contributed by atoms with Gasteiger partial charge in [0.05, 0.1) is 10.3 Å². The van der Waals surface area contributed by atoms with Crippen LogP contribution >= 0.6 is 43.2 Å². The highest BCUT2D eigenvalue weighted by molar-refractivity contribution is 9.13. The molecule has 0 spiro atoms. The van der Waals surface area contributed by atoms with Crippen LogP contribution in [0, 0.1) is 0 Å². The van der Waals surface area contributed by atoms with Crippen molar-refractivity contribution in [2.24, 2.45) is 5.73 Å². The van der Waals surface area contributed by atoms with E-state index in [0.29, 0.717) is 12.6 Å². The second kappa shape index (κ2) is 7.17. The van der Waals surface area contributed by atoms with E-state index in [0.717, 1.165) is 40.7 Å². The summed E-state index contributed by atoms with van der Waals surface area (Å²) < 4.78 is 2.26. The zero-order valence-corrected chi connectivity index (χ0v) is 14.5. The summed E-state index contributed by atoms with van der Waals surface area (Å²) in [4.78, 5) is 14.3. The Morgan fingerprint density at radius 3 is 2.68 bits per heavy atom. The van der Waals surface area contributed by atoms with Gasteiger partial charge in [-0.1, -0.05) is 0 Å². The predicted molar refractivity (Wildman–Crippen MR) is 85.2 cm³/mol. The Labute approximate surface area is 134 Å². The summed E-state index contributed by atoms with van der Waals surface area (Å²) in [5.41, 5.74) is 5.21. The molecule has 106 valence electrons. The van der Waals surface area contributed by atoms with Crippen molar-refractivity contribution in [2.75, 3.05) is 19.6 Å². The Balaban J connectivity index is 1.72. The number of piperidine rings is 1. The van der Waals surface area contributed by atoms with E-state index in [4.69, 9.17) is 5.73 Å². The number of likely N-dealkylation sites (tertiary alicyclic amines) is 1. The topological polar surface area (TPSA) is 58.4 Å². The minimum Gasteiger partial charge on any atom is -0.369 e. The molecule has 3 N–H and O–H groups in total. The fourth-order valence-corrected chi connectivity index (χ4v) is 4.37. The molecule has 19 heavy (non-hydrogen) atoms. The number of nitrogens with zero attached hydrogens (tertiary/aromatic N) is 1. The first kappa shape index (κ1) is 15.4. The second-order valence-electron chi connectivity index (χ2n) is 4.73. The molecule has 0 unspecified atom stereocenters. The Hall–Kier alpha value is 0.0500. The maximum atomic E-state index is 10.9. The van der Waals surface area contributed by atoms with Crippen LogP contribution in [0.2, 0.25) is 0 Å². The zero-order valence-electron chi connectivity index (χ0n) is 10.5. The molecular weight excluding hydrogens is 394 g/mol. The molecular formula is C12H17Br2N3OS. The van der Waals surface area contributed by atoms with E-state index in [1.54, 1.807) is 11.3 Å². The van der Waals surface area contributed by atoms with Gasteiger partial charge < -0.3 is 11.1 Å². The number of primary amides is 1. The van der Waals surface area contributed by atoms with Crippen LogP contribution in [0.4, 0.5) is 0 Å². The van der Waals surface area contributed by atoms with Crippen LogP contribution in [0.25, 0.3) is 0 Å². The minimum absolute atomic E-state index is 0.236. The smallest absolute Gasteiger partial charge is 0.231 e. The van der Waals surface area contributed by atoms with Crippen molar-refractivity contribution < 1.29 is 4.79 Å². The maximum Gasteiger partial charge on any atom is 0.231 e. The number of amides is 1. The van der Waals surface area contributed by atoms with Gasteiger partial charge in [0.2, 0.25) is 5.91 Å². The normalized spacial score (nSPS) is 17.8. The first-order chi connectivity index (χ1) is 9.04. The van der Waals surface area contributed by atoms with Gasteiger partial charge in [-0.15, -0.1) is 11.3 Å². The monoisotopic (exact) mass is 409 g/mol. The molecule has 4 nitrogen and oxygen atoms in total. The summed E-state index contributed by atoms with van der Waals surface area (Å²) in [5, 5.41) is 3.58. The second-order valence-corrected chi connectivity index (χ2v) is 8.04. The van der Waals surface area contributed by atoms with Gasteiger partial charge in [-0.2, -0.15) is 0 Å². The van der Waals surface area contributed by atoms with Crippen LogP contribution in [-0.4, -0.2) is 36.5 Å². The van der Waals surface area contributed by atoms with Gasteiger partial charge in [-0.05, 0) is 50.8 Å². The standard InChI is InChI=1S/C12H17Br2N3OS/c13-10-5-9(19-12(10)14)6-16-8-1-3-17(4-2-8)7-11(15)18/h5,8,16H,1-4,6-7H2,(H2,15,18). The van der Waals surface area contributed by atoms with Crippen LogP contribution in [0.15, 0.2) is 14.3 Å². The lowest BCUT2D eigenvalue weighted by molar-refractivity contribution is -0.119. The van der Waals surface area contributed by atoms with Gasteiger partial charge in [0, 0.05) is 35.0 Å². The highest BCUT2D eigenvalue weighted by Crippen LogP contribution is 2.32. The number of nitrogens with one attached hydrogen (secondary N) is 1. The molecule has 0 saturated carbocycles. The number of thiophene rings is 1. The molecule has 2 heterocycles. The zero-order chi connectivity index (χ0) is 13.8. The summed E-state index contributed by atoms with van der Waals surface area (Å²) in [5.74, 6) is -0.236. The molecule has 1 aliphatic rings. The Kier molecular flexibility index (Phi) is 5.83. The number of halogens is 2. The first-order valence-corrected chi connectivity index (χ1v) is 8.62. The molecule has 0 bridgehead atoms. The van der Waals surface area contributed by atoms with Crippen molar-refractivity contribution in [3.05, 3.63) is 19.2 Å². The van der Waals surface area contributed by atoms with E-state index in [1.807, 2.05) is 0 Å². The molecule has 1 fully saturated rings. The van der Waals surface area contributed by atoms with Crippen molar-refractivity contribution in [3.8, 4) is 0 Å². The third-order valence-electron chi connectivity index (χ3n) is 3.23. The Morgan fingerprint density at radius 2 is 2.16 bits per heavy atom. The van der Waals surface area contributed by atoms with E-state index < -0.39 is 0 Å². The first-order valence-electron chi connectivity index (χ1n) is 6.22. The largest absolute Gasteiger partial charge is 0.369 e. The molecule has 1 aromatic heterocycles. The van der Waals surface area contributed by atoms with E-state index in [9.17, 15) is 4.79 Å². The lowest BCUT2D eigenvalue weighted by Gasteiger charge is -2.31. The Morgan fingerprint density at radius 1 is 1.47 bits per heavy atom. The third-order valence-corrected chi connectivity index (χ3v) is 6.48. The predicted octanol–water partition coefficient (Wildman–Crippen LogP) is 2.31. The molecule has 7 heteroatoms. The molecule has 0 aromatic carbocycles. The number of rotatable bonds is 5.